The smallest absolute Gasteiger partial charge is 0.306 e. The van der Waals surface area contributed by atoms with Crippen LogP contribution in [-0.4, -0.2) is 37.5 Å². The van der Waals surface area contributed by atoms with Gasteiger partial charge in [-0.3, -0.25) is 4.79 Å². The molecule has 1 unspecified atom stereocenters. The van der Waals surface area contributed by atoms with Gasteiger partial charge in [0, 0.05) is 13.0 Å². The van der Waals surface area contributed by atoms with Crippen molar-refractivity contribution in [2.45, 2.75) is 142 Å². The van der Waals surface area contributed by atoms with Gasteiger partial charge in [0.2, 0.25) is 0 Å². The standard InChI is InChI=1S/C28H52O4/c1-5-6-7-8-9-10-19-30-26-15-11-24(12-16-26)25-13-17-27(18-14-25)31-21-23(4)32-28(29)20-22(2)3/h22-27H,5-21H2,1-4H3. The SMILES string of the molecule is CCCCCCCCOC1CCC(C2CCC(OCC(C)OC(=O)CC(C)C)CC2)CC1. The Kier molecular flexibility index (Phi) is 13.9. The summed E-state index contributed by atoms with van der Waals surface area (Å²) >= 11 is 0. The lowest BCUT2D eigenvalue weighted by Crippen LogP contribution is -2.32. The summed E-state index contributed by atoms with van der Waals surface area (Å²) in [6.07, 6.45) is 19.4. The normalized spacial score (nSPS) is 27.4. The average molecular weight is 453 g/mol. The Balaban J connectivity index is 1.51. The lowest BCUT2D eigenvalue weighted by molar-refractivity contribution is -0.153. The van der Waals surface area contributed by atoms with Gasteiger partial charge in [0.15, 0.2) is 0 Å². The molecule has 0 radical (unpaired) electrons. The summed E-state index contributed by atoms with van der Waals surface area (Å²) in [7, 11) is 0. The molecule has 2 saturated carbocycles. The summed E-state index contributed by atoms with van der Waals surface area (Å²) < 4.78 is 17.7. The van der Waals surface area contributed by atoms with Crippen LogP contribution in [0.5, 0.6) is 0 Å². The fourth-order valence-electron chi connectivity index (χ4n) is 5.50. The van der Waals surface area contributed by atoms with E-state index in [9.17, 15) is 4.79 Å². The van der Waals surface area contributed by atoms with E-state index in [1.165, 1.54) is 77.0 Å². The third kappa shape index (κ3) is 11.5. The van der Waals surface area contributed by atoms with Crippen LogP contribution in [0.25, 0.3) is 0 Å². The lowest BCUT2D eigenvalue weighted by atomic mass is 9.72. The molecule has 2 fully saturated rings. The van der Waals surface area contributed by atoms with Crippen LogP contribution in [0.1, 0.15) is 124 Å². The second-order valence-electron chi connectivity index (χ2n) is 10.9. The Morgan fingerprint density at radius 2 is 1.28 bits per heavy atom. The van der Waals surface area contributed by atoms with Crippen LogP contribution in [0.4, 0.5) is 0 Å². The van der Waals surface area contributed by atoms with Crippen molar-refractivity contribution in [2.24, 2.45) is 17.8 Å². The Labute approximate surface area is 198 Å². The van der Waals surface area contributed by atoms with Gasteiger partial charge in [-0.25, -0.2) is 0 Å². The van der Waals surface area contributed by atoms with Crippen molar-refractivity contribution < 1.29 is 19.0 Å². The summed E-state index contributed by atoms with van der Waals surface area (Å²) in [6.45, 7) is 9.79. The molecule has 0 aromatic carbocycles. The zero-order chi connectivity index (χ0) is 23.2. The van der Waals surface area contributed by atoms with Gasteiger partial charge < -0.3 is 14.2 Å². The minimum atomic E-state index is -0.148. The summed E-state index contributed by atoms with van der Waals surface area (Å²) in [5.41, 5.74) is 0. The second kappa shape index (κ2) is 16.1. The number of carbonyl (C=O) groups is 1. The highest BCUT2D eigenvalue weighted by Crippen LogP contribution is 2.39. The van der Waals surface area contributed by atoms with E-state index >= 15 is 0 Å². The van der Waals surface area contributed by atoms with Gasteiger partial charge in [0.25, 0.3) is 0 Å². The first kappa shape index (κ1) is 27.6. The first-order valence-electron chi connectivity index (χ1n) is 13.9. The molecule has 0 spiro atoms. The van der Waals surface area contributed by atoms with Crippen molar-refractivity contribution in [3.63, 3.8) is 0 Å². The molecule has 0 aromatic rings. The van der Waals surface area contributed by atoms with Crippen LogP contribution in [-0.2, 0) is 19.0 Å². The van der Waals surface area contributed by atoms with Crippen LogP contribution in [0.15, 0.2) is 0 Å². The predicted octanol–water partition coefficient (Wildman–Crippen LogP) is 7.48. The van der Waals surface area contributed by atoms with E-state index < -0.39 is 0 Å². The maximum Gasteiger partial charge on any atom is 0.306 e. The summed E-state index contributed by atoms with van der Waals surface area (Å²) in [5.74, 6) is 2.00. The molecule has 0 aromatic heterocycles. The third-order valence-electron chi connectivity index (χ3n) is 7.43. The lowest BCUT2D eigenvalue weighted by Gasteiger charge is -2.37. The van der Waals surface area contributed by atoms with Crippen LogP contribution >= 0.6 is 0 Å². The highest BCUT2D eigenvalue weighted by molar-refractivity contribution is 5.69. The molecule has 0 aliphatic heterocycles. The number of hydrogen-bond acceptors (Lipinski definition) is 4. The monoisotopic (exact) mass is 452 g/mol. The van der Waals surface area contributed by atoms with E-state index in [0.717, 1.165) is 31.3 Å². The Hall–Kier alpha value is -0.610. The quantitative estimate of drug-likeness (QED) is 0.191. The topological polar surface area (TPSA) is 44.8 Å². The summed E-state index contributed by atoms with van der Waals surface area (Å²) in [5, 5.41) is 0. The van der Waals surface area contributed by atoms with Gasteiger partial charge in [-0.05, 0) is 82.5 Å². The molecule has 0 amide bonds. The number of esters is 1. The van der Waals surface area contributed by atoms with E-state index in [-0.39, 0.29) is 12.1 Å². The first-order valence-corrected chi connectivity index (χ1v) is 13.9. The van der Waals surface area contributed by atoms with E-state index in [1.807, 2.05) is 20.8 Å². The molecule has 4 nitrogen and oxygen atoms in total. The molecule has 4 heteroatoms. The minimum absolute atomic E-state index is 0.105. The Morgan fingerprint density at radius 3 is 1.84 bits per heavy atom. The van der Waals surface area contributed by atoms with E-state index in [1.54, 1.807) is 0 Å². The maximum atomic E-state index is 11.8. The molecule has 1 atom stereocenters. The highest BCUT2D eigenvalue weighted by atomic mass is 16.6. The number of rotatable bonds is 15. The van der Waals surface area contributed by atoms with Crippen molar-refractivity contribution in [1.82, 2.24) is 0 Å². The van der Waals surface area contributed by atoms with Gasteiger partial charge in [0.1, 0.15) is 6.10 Å². The zero-order valence-electron chi connectivity index (χ0n) is 21.6. The van der Waals surface area contributed by atoms with Crippen molar-refractivity contribution in [2.75, 3.05) is 13.2 Å². The molecule has 0 saturated heterocycles. The summed E-state index contributed by atoms with van der Waals surface area (Å²) in [6, 6.07) is 0. The average Bonchev–Trinajstić information content (AvgIpc) is 2.77. The van der Waals surface area contributed by atoms with Crippen LogP contribution in [0.2, 0.25) is 0 Å². The number of hydrogen-bond donors (Lipinski definition) is 0. The van der Waals surface area contributed by atoms with Crippen molar-refractivity contribution in [1.29, 1.82) is 0 Å². The fourth-order valence-corrected chi connectivity index (χ4v) is 5.50. The second-order valence-corrected chi connectivity index (χ2v) is 10.9. The van der Waals surface area contributed by atoms with Crippen molar-refractivity contribution in [3.8, 4) is 0 Å². The molecule has 0 bridgehead atoms. The third-order valence-corrected chi connectivity index (χ3v) is 7.43. The maximum absolute atomic E-state index is 11.8. The summed E-state index contributed by atoms with van der Waals surface area (Å²) in [4.78, 5) is 11.8. The molecule has 2 rings (SSSR count). The van der Waals surface area contributed by atoms with E-state index in [2.05, 4.69) is 6.92 Å². The predicted molar refractivity (Wildman–Crippen MR) is 132 cm³/mol. The van der Waals surface area contributed by atoms with Gasteiger partial charge in [-0.2, -0.15) is 0 Å². The van der Waals surface area contributed by atoms with Crippen molar-refractivity contribution in [3.05, 3.63) is 0 Å². The molecule has 188 valence electrons. The van der Waals surface area contributed by atoms with Crippen LogP contribution in [0.3, 0.4) is 0 Å². The molecule has 32 heavy (non-hydrogen) atoms. The molecule has 0 N–H and O–H groups in total. The number of carbonyl (C=O) groups excluding carboxylic acids is 1. The van der Waals surface area contributed by atoms with Gasteiger partial charge in [0.05, 0.1) is 18.8 Å². The largest absolute Gasteiger partial charge is 0.460 e. The molecule has 2 aliphatic carbocycles. The van der Waals surface area contributed by atoms with E-state index in [4.69, 9.17) is 14.2 Å². The Bertz CT molecular complexity index is 476. The van der Waals surface area contributed by atoms with Gasteiger partial charge in [-0.15, -0.1) is 0 Å². The zero-order valence-corrected chi connectivity index (χ0v) is 21.6. The highest BCUT2D eigenvalue weighted by Gasteiger charge is 2.31. The molecule has 0 heterocycles. The van der Waals surface area contributed by atoms with Gasteiger partial charge in [-0.1, -0.05) is 52.9 Å². The number of unbranched alkanes of at least 4 members (excludes halogenated alkanes) is 5. The van der Waals surface area contributed by atoms with Crippen LogP contribution in [0, 0.1) is 17.8 Å². The number of ether oxygens (including phenoxy) is 3. The van der Waals surface area contributed by atoms with Crippen LogP contribution < -0.4 is 0 Å². The molecular formula is C28H52O4. The fraction of sp³-hybridized carbons (Fsp3) is 0.964. The first-order chi connectivity index (χ1) is 15.5. The Morgan fingerprint density at radius 1 is 0.750 bits per heavy atom. The van der Waals surface area contributed by atoms with E-state index in [0.29, 0.717) is 31.2 Å². The molecule has 2 aliphatic rings. The van der Waals surface area contributed by atoms with Gasteiger partial charge >= 0.3 is 5.97 Å². The minimum Gasteiger partial charge on any atom is -0.460 e. The van der Waals surface area contributed by atoms with Crippen molar-refractivity contribution >= 4 is 5.97 Å². The molecular weight excluding hydrogens is 400 g/mol.